The first-order valence-corrected chi connectivity index (χ1v) is 12.6. The molecule has 0 aliphatic carbocycles. The number of H-pyrrole nitrogens is 1. The highest BCUT2D eigenvalue weighted by Gasteiger charge is 2.48. The molecule has 3 aromatic rings. The minimum absolute atomic E-state index is 0.0877. The molecule has 0 bridgehead atoms. The fraction of sp³-hybridized carbons (Fsp3) is 0.462. The summed E-state index contributed by atoms with van der Waals surface area (Å²) in [4.78, 5) is 15.9. The highest BCUT2D eigenvalue weighted by molar-refractivity contribution is 5.87. The van der Waals surface area contributed by atoms with Crippen LogP contribution in [0.25, 0.3) is 11.4 Å². The molecule has 2 atom stereocenters. The van der Waals surface area contributed by atoms with Crippen molar-refractivity contribution in [3.05, 3.63) is 59.7 Å². The van der Waals surface area contributed by atoms with Gasteiger partial charge in [-0.25, -0.2) is 0 Å². The molecule has 2 aliphatic heterocycles. The van der Waals surface area contributed by atoms with E-state index in [2.05, 4.69) is 30.8 Å². The molecule has 2 aliphatic rings. The van der Waals surface area contributed by atoms with Crippen molar-refractivity contribution in [2.24, 2.45) is 0 Å². The van der Waals surface area contributed by atoms with E-state index in [1.54, 1.807) is 0 Å². The van der Waals surface area contributed by atoms with Gasteiger partial charge in [-0.3, -0.25) is 9.69 Å². The Morgan fingerprint density at radius 2 is 1.97 bits per heavy atom. The van der Waals surface area contributed by atoms with E-state index in [9.17, 15) is 18.0 Å². The SMILES string of the molecule is C[C@H](NC(=O)C1(N2CC[C@@H](Oc3cccc(C(F)(F)F)c3)C2)CCOCC1)c1ccc(-c2nn[nH]n2)cc1. The Hall–Kier alpha value is -3.51. The predicted octanol–water partition coefficient (Wildman–Crippen LogP) is 3.77. The molecule has 3 heterocycles. The van der Waals surface area contributed by atoms with E-state index in [-0.39, 0.29) is 23.8 Å². The molecule has 0 radical (unpaired) electrons. The number of tetrazole rings is 1. The zero-order valence-corrected chi connectivity index (χ0v) is 20.9. The van der Waals surface area contributed by atoms with Crippen LogP contribution in [-0.4, -0.2) is 69.4 Å². The van der Waals surface area contributed by atoms with Crippen LogP contribution in [-0.2, 0) is 15.7 Å². The van der Waals surface area contributed by atoms with Gasteiger partial charge in [0.25, 0.3) is 0 Å². The molecule has 5 rings (SSSR count). The second-order valence-electron chi connectivity index (χ2n) is 9.70. The Balaban J connectivity index is 1.26. The number of likely N-dealkylation sites (tertiary alicyclic amines) is 1. The summed E-state index contributed by atoms with van der Waals surface area (Å²) in [5, 5.41) is 17.1. The molecule has 1 aromatic heterocycles. The van der Waals surface area contributed by atoms with Crippen molar-refractivity contribution in [1.29, 1.82) is 0 Å². The van der Waals surface area contributed by atoms with Gasteiger partial charge in [-0.1, -0.05) is 30.3 Å². The smallest absolute Gasteiger partial charge is 0.416 e. The summed E-state index contributed by atoms with van der Waals surface area (Å²) in [5.41, 5.74) is 0.221. The van der Waals surface area contributed by atoms with Gasteiger partial charge >= 0.3 is 6.18 Å². The summed E-state index contributed by atoms with van der Waals surface area (Å²) < 4.78 is 50.8. The highest BCUT2D eigenvalue weighted by Crippen LogP contribution is 2.35. The first-order valence-electron chi connectivity index (χ1n) is 12.6. The van der Waals surface area contributed by atoms with E-state index in [4.69, 9.17) is 9.47 Å². The molecule has 2 N–H and O–H groups in total. The summed E-state index contributed by atoms with van der Waals surface area (Å²) in [5.74, 6) is 0.579. The molecule has 1 amide bonds. The number of halogens is 3. The highest BCUT2D eigenvalue weighted by atomic mass is 19.4. The number of rotatable bonds is 7. The van der Waals surface area contributed by atoms with Crippen molar-refractivity contribution >= 4 is 5.91 Å². The number of ether oxygens (including phenoxy) is 2. The van der Waals surface area contributed by atoms with Crippen molar-refractivity contribution in [3.8, 4) is 17.1 Å². The lowest BCUT2D eigenvalue weighted by Gasteiger charge is -2.43. The number of aromatic amines is 1. The third kappa shape index (κ3) is 5.51. The van der Waals surface area contributed by atoms with Gasteiger partial charge in [0, 0.05) is 31.9 Å². The van der Waals surface area contributed by atoms with Crippen molar-refractivity contribution in [3.63, 3.8) is 0 Å². The van der Waals surface area contributed by atoms with E-state index >= 15 is 0 Å². The molecule has 38 heavy (non-hydrogen) atoms. The maximum atomic E-state index is 13.8. The first-order chi connectivity index (χ1) is 18.2. The van der Waals surface area contributed by atoms with Crippen molar-refractivity contribution < 1.29 is 27.4 Å². The average molecular weight is 531 g/mol. The molecule has 9 nitrogen and oxygen atoms in total. The van der Waals surface area contributed by atoms with Crippen molar-refractivity contribution in [2.45, 2.75) is 50.0 Å². The number of benzene rings is 2. The van der Waals surface area contributed by atoms with Crippen LogP contribution >= 0.6 is 0 Å². The second-order valence-corrected chi connectivity index (χ2v) is 9.70. The van der Waals surface area contributed by atoms with Crippen LogP contribution in [0.2, 0.25) is 0 Å². The topological polar surface area (TPSA) is 105 Å². The van der Waals surface area contributed by atoms with Crippen LogP contribution in [0.4, 0.5) is 13.2 Å². The maximum Gasteiger partial charge on any atom is 0.416 e. The molecule has 0 unspecified atom stereocenters. The lowest BCUT2D eigenvalue weighted by Crippen LogP contribution is -2.61. The Morgan fingerprint density at radius 3 is 2.66 bits per heavy atom. The van der Waals surface area contributed by atoms with E-state index in [1.807, 2.05) is 31.2 Å². The fourth-order valence-electron chi connectivity index (χ4n) is 5.17. The van der Waals surface area contributed by atoms with Crippen LogP contribution in [0.5, 0.6) is 5.75 Å². The van der Waals surface area contributed by atoms with E-state index in [0.717, 1.165) is 23.3 Å². The lowest BCUT2D eigenvalue weighted by atomic mass is 9.86. The van der Waals surface area contributed by atoms with Gasteiger partial charge < -0.3 is 14.8 Å². The van der Waals surface area contributed by atoms with Gasteiger partial charge in [-0.15, -0.1) is 10.2 Å². The van der Waals surface area contributed by atoms with Crippen LogP contribution in [0.15, 0.2) is 48.5 Å². The first kappa shape index (κ1) is 26.1. The molecule has 2 fully saturated rings. The largest absolute Gasteiger partial charge is 0.489 e. The van der Waals surface area contributed by atoms with Crippen LogP contribution < -0.4 is 10.1 Å². The second kappa shape index (κ2) is 10.7. The monoisotopic (exact) mass is 530 g/mol. The number of amides is 1. The number of nitrogens with one attached hydrogen (secondary N) is 2. The van der Waals surface area contributed by atoms with E-state index in [1.165, 1.54) is 12.1 Å². The zero-order valence-electron chi connectivity index (χ0n) is 20.9. The number of aromatic nitrogens is 4. The van der Waals surface area contributed by atoms with E-state index < -0.39 is 17.3 Å². The Kier molecular flexibility index (Phi) is 7.35. The number of carbonyl (C=O) groups excluding carboxylic acids is 1. The van der Waals surface area contributed by atoms with E-state index in [0.29, 0.717) is 51.4 Å². The van der Waals surface area contributed by atoms with Crippen molar-refractivity contribution in [2.75, 3.05) is 26.3 Å². The maximum absolute atomic E-state index is 13.8. The molecule has 0 saturated carbocycles. The van der Waals surface area contributed by atoms with Gasteiger partial charge in [0.2, 0.25) is 11.7 Å². The van der Waals surface area contributed by atoms with Gasteiger partial charge in [0.15, 0.2) is 0 Å². The third-order valence-corrected chi connectivity index (χ3v) is 7.32. The van der Waals surface area contributed by atoms with Crippen LogP contribution in [0, 0.1) is 0 Å². The van der Waals surface area contributed by atoms with Gasteiger partial charge in [0.05, 0.1) is 11.6 Å². The zero-order chi connectivity index (χ0) is 26.8. The average Bonchev–Trinajstić information content (AvgIpc) is 3.62. The van der Waals surface area contributed by atoms with Crippen molar-refractivity contribution in [1.82, 2.24) is 30.8 Å². The third-order valence-electron chi connectivity index (χ3n) is 7.32. The summed E-state index contributed by atoms with van der Waals surface area (Å²) in [7, 11) is 0. The summed E-state index contributed by atoms with van der Waals surface area (Å²) >= 11 is 0. The lowest BCUT2D eigenvalue weighted by molar-refractivity contribution is -0.141. The number of nitrogens with zero attached hydrogens (tertiary/aromatic N) is 4. The van der Waals surface area contributed by atoms with Crippen LogP contribution in [0.1, 0.15) is 43.4 Å². The molecule has 202 valence electrons. The minimum atomic E-state index is -4.44. The molecule has 2 aromatic carbocycles. The summed E-state index contributed by atoms with van der Waals surface area (Å²) in [6.07, 6.45) is -3.09. The number of carbonyl (C=O) groups is 1. The molecular formula is C26H29F3N6O3. The standard InChI is InChI=1S/C26H29F3N6O3/c1-17(18-5-7-19(8-6-18)23-31-33-34-32-23)30-24(36)25(10-13-37-14-11-25)35-12-9-22(16-35)38-21-4-2-3-20(15-21)26(27,28)29/h2-8,15,17,22H,9-14,16H2,1H3,(H,30,36)(H,31,32,33,34)/t17-,22+/m0/s1. The summed E-state index contributed by atoms with van der Waals surface area (Å²) in [6, 6.07) is 12.3. The minimum Gasteiger partial charge on any atom is -0.489 e. The van der Waals surface area contributed by atoms with Crippen LogP contribution in [0.3, 0.4) is 0 Å². The van der Waals surface area contributed by atoms with Gasteiger partial charge in [-0.2, -0.15) is 18.4 Å². The van der Waals surface area contributed by atoms with Gasteiger partial charge in [0.1, 0.15) is 17.4 Å². The number of hydrogen-bond acceptors (Lipinski definition) is 7. The molecular weight excluding hydrogens is 501 g/mol. The Bertz CT molecular complexity index is 1230. The van der Waals surface area contributed by atoms with Gasteiger partial charge in [-0.05, 0) is 55.2 Å². The molecule has 12 heteroatoms. The molecule has 2 saturated heterocycles. The Morgan fingerprint density at radius 1 is 1.21 bits per heavy atom. The molecule has 0 spiro atoms. The quantitative estimate of drug-likeness (QED) is 0.479. The predicted molar refractivity (Wildman–Crippen MR) is 131 cm³/mol. The summed E-state index contributed by atoms with van der Waals surface area (Å²) in [6.45, 7) is 3.88. The number of alkyl halides is 3. The fourth-order valence-corrected chi connectivity index (χ4v) is 5.17. The normalized spacial score (nSPS) is 20.7. The number of hydrogen-bond donors (Lipinski definition) is 2. The Labute approximate surface area is 217 Å².